The molecule has 0 saturated heterocycles. The summed E-state index contributed by atoms with van der Waals surface area (Å²) in [6.07, 6.45) is 0. The van der Waals surface area contributed by atoms with Crippen LogP contribution in [0.5, 0.6) is 0 Å². The summed E-state index contributed by atoms with van der Waals surface area (Å²) < 4.78 is 57.6. The molecule has 1 N–H and O–H groups in total. The predicted octanol–water partition coefficient (Wildman–Crippen LogP) is 4.13. The summed E-state index contributed by atoms with van der Waals surface area (Å²) in [7, 11) is 0. The van der Waals surface area contributed by atoms with Gasteiger partial charge in [-0.2, -0.15) is 9.37 Å². The fraction of sp³-hybridized carbons (Fsp3) is 0. The molecular weight excluding hydrogens is 276 g/mol. The molecule has 0 spiro atoms. The first-order chi connectivity index (χ1) is 9.54. The largest absolute Gasteiger partial charge is 0.420 e. The third-order valence-corrected chi connectivity index (χ3v) is 2.62. The van der Waals surface area contributed by atoms with E-state index in [0.29, 0.717) is 6.07 Å². The number of aromatic nitrogens is 1. The van der Waals surface area contributed by atoms with Gasteiger partial charge in [-0.1, -0.05) is 0 Å². The molecule has 3 aromatic rings. The Balaban J connectivity index is 2.01. The minimum Gasteiger partial charge on any atom is -0.420 e. The number of benzene rings is 2. The van der Waals surface area contributed by atoms with E-state index in [1.165, 1.54) is 6.07 Å². The van der Waals surface area contributed by atoms with Crippen molar-refractivity contribution in [2.24, 2.45) is 0 Å². The van der Waals surface area contributed by atoms with Gasteiger partial charge in [-0.3, -0.25) is 0 Å². The van der Waals surface area contributed by atoms with Crippen molar-refractivity contribution < 1.29 is 22.0 Å². The van der Waals surface area contributed by atoms with Gasteiger partial charge in [0.05, 0.1) is 5.69 Å². The number of hydrogen-bond donors (Lipinski definition) is 1. The lowest BCUT2D eigenvalue weighted by Crippen LogP contribution is -1.94. The van der Waals surface area contributed by atoms with Crippen LogP contribution >= 0.6 is 0 Å². The topological polar surface area (TPSA) is 38.1 Å². The number of nitrogens with one attached hydrogen (secondary N) is 1. The van der Waals surface area contributed by atoms with Crippen LogP contribution in [-0.4, -0.2) is 4.98 Å². The van der Waals surface area contributed by atoms with E-state index in [-0.39, 0.29) is 22.8 Å². The Morgan fingerprint density at radius 1 is 0.950 bits per heavy atom. The zero-order chi connectivity index (χ0) is 14.3. The molecule has 0 radical (unpaired) electrons. The molecular formula is C13H6F4N2O. The number of nitrogens with zero attached hydrogens (tertiary/aromatic N) is 1. The molecule has 0 aliphatic carbocycles. The summed E-state index contributed by atoms with van der Waals surface area (Å²) >= 11 is 0. The Bertz CT molecular complexity index is 800. The maximum atomic E-state index is 13.4. The van der Waals surface area contributed by atoms with E-state index in [4.69, 9.17) is 4.42 Å². The Kier molecular flexibility index (Phi) is 2.81. The molecule has 0 fully saturated rings. The SMILES string of the molecule is Fc1ccc(Nc2nc3ccc(F)c(F)c3o2)c(F)c1. The lowest BCUT2D eigenvalue weighted by atomic mass is 10.3. The maximum Gasteiger partial charge on any atom is 0.300 e. The van der Waals surface area contributed by atoms with Gasteiger partial charge >= 0.3 is 0 Å². The Morgan fingerprint density at radius 2 is 1.75 bits per heavy atom. The standard InChI is InChI=1S/C13H6F4N2O/c14-6-1-3-9(8(16)5-6)18-13-19-10-4-2-7(15)11(17)12(10)20-13/h1-5H,(H,18,19). The highest BCUT2D eigenvalue weighted by molar-refractivity contribution is 5.76. The molecule has 0 amide bonds. The second kappa shape index (κ2) is 4.52. The lowest BCUT2D eigenvalue weighted by molar-refractivity contribution is 0.494. The van der Waals surface area contributed by atoms with Crippen LogP contribution in [0.25, 0.3) is 11.1 Å². The summed E-state index contributed by atoms with van der Waals surface area (Å²) in [6, 6.07) is 4.75. The summed E-state index contributed by atoms with van der Waals surface area (Å²) in [4.78, 5) is 3.83. The molecule has 0 bridgehead atoms. The van der Waals surface area contributed by atoms with Gasteiger partial charge in [-0.15, -0.1) is 0 Å². The van der Waals surface area contributed by atoms with Gasteiger partial charge in [0.1, 0.15) is 17.2 Å². The third-order valence-electron chi connectivity index (χ3n) is 2.62. The van der Waals surface area contributed by atoms with Crippen LogP contribution < -0.4 is 5.32 Å². The van der Waals surface area contributed by atoms with Crippen molar-refractivity contribution in [1.29, 1.82) is 0 Å². The highest BCUT2D eigenvalue weighted by atomic mass is 19.2. The van der Waals surface area contributed by atoms with Gasteiger partial charge in [0.2, 0.25) is 5.82 Å². The molecule has 0 aliphatic heterocycles. The van der Waals surface area contributed by atoms with E-state index in [0.717, 1.165) is 18.2 Å². The first-order valence-corrected chi connectivity index (χ1v) is 5.51. The minimum atomic E-state index is -1.18. The molecule has 0 aliphatic rings. The first-order valence-electron chi connectivity index (χ1n) is 5.51. The molecule has 0 unspecified atom stereocenters. The highest BCUT2D eigenvalue weighted by Gasteiger charge is 2.15. The van der Waals surface area contributed by atoms with Crippen LogP contribution in [0.2, 0.25) is 0 Å². The zero-order valence-electron chi connectivity index (χ0n) is 9.75. The average Bonchev–Trinajstić information content (AvgIpc) is 2.81. The fourth-order valence-electron chi connectivity index (χ4n) is 1.70. The van der Waals surface area contributed by atoms with Crippen LogP contribution in [-0.2, 0) is 0 Å². The van der Waals surface area contributed by atoms with Crippen LogP contribution in [0.15, 0.2) is 34.7 Å². The van der Waals surface area contributed by atoms with Gasteiger partial charge in [-0.05, 0) is 24.3 Å². The van der Waals surface area contributed by atoms with E-state index in [9.17, 15) is 17.6 Å². The summed E-state index contributed by atoms with van der Waals surface area (Å²) in [5.41, 5.74) is -0.400. The molecule has 0 saturated carbocycles. The van der Waals surface area contributed by atoms with E-state index < -0.39 is 23.3 Å². The van der Waals surface area contributed by atoms with Crippen LogP contribution in [0.1, 0.15) is 0 Å². The summed E-state index contributed by atoms with van der Waals surface area (Å²) in [6.45, 7) is 0. The van der Waals surface area contributed by atoms with Gasteiger partial charge < -0.3 is 9.73 Å². The number of hydrogen-bond acceptors (Lipinski definition) is 3. The van der Waals surface area contributed by atoms with Gasteiger partial charge in [-0.25, -0.2) is 13.2 Å². The van der Waals surface area contributed by atoms with Crippen molar-refractivity contribution in [3.63, 3.8) is 0 Å². The fourth-order valence-corrected chi connectivity index (χ4v) is 1.70. The van der Waals surface area contributed by atoms with Gasteiger partial charge in [0.25, 0.3) is 6.01 Å². The van der Waals surface area contributed by atoms with Crippen molar-refractivity contribution in [3.05, 3.63) is 53.6 Å². The van der Waals surface area contributed by atoms with E-state index in [1.807, 2.05) is 0 Å². The Hall–Kier alpha value is -2.57. The predicted molar refractivity (Wildman–Crippen MR) is 63.6 cm³/mol. The molecule has 1 heterocycles. The second-order valence-electron chi connectivity index (χ2n) is 3.98. The number of fused-ring (bicyclic) bond motifs is 1. The summed E-state index contributed by atoms with van der Waals surface area (Å²) in [5.74, 6) is -3.85. The van der Waals surface area contributed by atoms with E-state index >= 15 is 0 Å². The monoisotopic (exact) mass is 282 g/mol. The Morgan fingerprint density at radius 3 is 2.50 bits per heavy atom. The minimum absolute atomic E-state index is 0.0777. The lowest BCUT2D eigenvalue weighted by Gasteiger charge is -2.02. The average molecular weight is 282 g/mol. The third kappa shape index (κ3) is 2.07. The molecule has 102 valence electrons. The van der Waals surface area contributed by atoms with Crippen molar-refractivity contribution in [3.8, 4) is 0 Å². The highest BCUT2D eigenvalue weighted by Crippen LogP contribution is 2.26. The normalized spacial score (nSPS) is 11.0. The number of oxazole rings is 1. The summed E-state index contributed by atoms with van der Waals surface area (Å²) in [5, 5.41) is 2.43. The first kappa shape index (κ1) is 12.5. The maximum absolute atomic E-state index is 13.4. The molecule has 7 heteroatoms. The van der Waals surface area contributed by atoms with Crippen LogP contribution in [0.3, 0.4) is 0 Å². The van der Waals surface area contributed by atoms with Gasteiger partial charge in [0, 0.05) is 6.07 Å². The zero-order valence-corrected chi connectivity index (χ0v) is 9.75. The van der Waals surface area contributed by atoms with Crippen LogP contribution in [0.4, 0.5) is 29.3 Å². The van der Waals surface area contributed by atoms with Crippen molar-refractivity contribution >= 4 is 22.8 Å². The number of anilines is 2. The number of halogens is 4. The van der Waals surface area contributed by atoms with Gasteiger partial charge in [0.15, 0.2) is 11.4 Å². The van der Waals surface area contributed by atoms with E-state index in [1.54, 1.807) is 0 Å². The number of rotatable bonds is 2. The molecule has 0 atom stereocenters. The van der Waals surface area contributed by atoms with Crippen molar-refractivity contribution in [1.82, 2.24) is 4.98 Å². The van der Waals surface area contributed by atoms with E-state index in [2.05, 4.69) is 10.3 Å². The molecule has 2 aromatic carbocycles. The quantitative estimate of drug-likeness (QED) is 0.718. The Labute approximate surface area is 109 Å². The molecule has 3 nitrogen and oxygen atoms in total. The molecule has 1 aromatic heterocycles. The van der Waals surface area contributed by atoms with Crippen molar-refractivity contribution in [2.45, 2.75) is 0 Å². The van der Waals surface area contributed by atoms with Crippen molar-refractivity contribution in [2.75, 3.05) is 5.32 Å². The smallest absolute Gasteiger partial charge is 0.300 e. The second-order valence-corrected chi connectivity index (χ2v) is 3.98. The molecule has 20 heavy (non-hydrogen) atoms. The van der Waals surface area contributed by atoms with Crippen LogP contribution in [0, 0.1) is 23.3 Å². The molecule has 3 rings (SSSR count).